The lowest BCUT2D eigenvalue weighted by Crippen LogP contribution is -2.49. The smallest absolute Gasteiger partial charge is 0.326 e. The van der Waals surface area contributed by atoms with Crippen LogP contribution in [0.1, 0.15) is 49.3 Å². The van der Waals surface area contributed by atoms with Crippen molar-refractivity contribution in [2.75, 3.05) is 32.6 Å². The molecule has 1 aliphatic rings. The number of nitrogens with zero attached hydrogens (tertiary/aromatic N) is 3. The maximum absolute atomic E-state index is 13.9. The highest BCUT2D eigenvalue weighted by atomic mass is 19.4. The number of amides is 2. The van der Waals surface area contributed by atoms with E-state index in [9.17, 15) is 22.8 Å². The highest BCUT2D eigenvalue weighted by Crippen LogP contribution is 2.35. The van der Waals surface area contributed by atoms with E-state index in [0.717, 1.165) is 25.3 Å². The average Bonchev–Trinajstić information content (AvgIpc) is 2.93. The van der Waals surface area contributed by atoms with Crippen molar-refractivity contribution in [3.63, 3.8) is 0 Å². The van der Waals surface area contributed by atoms with E-state index in [4.69, 9.17) is 0 Å². The number of hydrogen-bond donors (Lipinski definition) is 1. The van der Waals surface area contributed by atoms with E-state index in [2.05, 4.69) is 17.2 Å². The number of para-hydroxylation sites is 1. The second-order valence-corrected chi connectivity index (χ2v) is 9.30. The van der Waals surface area contributed by atoms with Gasteiger partial charge in [0.2, 0.25) is 12.1 Å². The number of aliphatic imine (C=N–C) groups is 1. The minimum absolute atomic E-state index is 0.0108. The van der Waals surface area contributed by atoms with Crippen molar-refractivity contribution in [2.45, 2.75) is 44.9 Å². The second-order valence-electron chi connectivity index (χ2n) is 9.30. The van der Waals surface area contributed by atoms with Crippen LogP contribution in [0.15, 0.2) is 53.5 Å². The van der Waals surface area contributed by atoms with Gasteiger partial charge in [-0.1, -0.05) is 62.6 Å². The largest absolute Gasteiger partial charge is 0.417 e. The number of nitrogens with one attached hydrogen (secondary N) is 1. The van der Waals surface area contributed by atoms with Crippen LogP contribution in [0.5, 0.6) is 0 Å². The monoisotopic (exact) mass is 502 g/mol. The Morgan fingerprint density at radius 1 is 1.08 bits per heavy atom. The van der Waals surface area contributed by atoms with Gasteiger partial charge in [-0.2, -0.15) is 13.2 Å². The van der Waals surface area contributed by atoms with E-state index in [0.29, 0.717) is 24.2 Å². The molecule has 0 saturated heterocycles. The maximum atomic E-state index is 13.9. The third-order valence-electron chi connectivity index (χ3n) is 6.22. The Balaban J connectivity index is 2.07. The van der Waals surface area contributed by atoms with E-state index < -0.39 is 23.8 Å². The summed E-state index contributed by atoms with van der Waals surface area (Å²) in [5.41, 5.74) is -0.188. The topological polar surface area (TPSA) is 65.0 Å². The van der Waals surface area contributed by atoms with Crippen molar-refractivity contribution in [1.82, 2.24) is 10.2 Å². The van der Waals surface area contributed by atoms with Gasteiger partial charge in [0.1, 0.15) is 0 Å². The standard InChI is InChI=1S/C27H33F3N4O2/c1-5-6-7-12-18(17-33(2)3)25(35)32-24-26(36)34(4)22-16-11-9-14-20(22)23(31-24)19-13-8-10-15-21(19)27(28,29)30/h8-11,13-16,18,24H,5-7,12,17H2,1-4H3,(H,32,35)/t18-,24?/m0/s1. The molecule has 2 atom stereocenters. The van der Waals surface area contributed by atoms with Gasteiger partial charge in [-0.05, 0) is 32.6 Å². The van der Waals surface area contributed by atoms with Crippen molar-refractivity contribution >= 4 is 23.2 Å². The molecule has 2 amide bonds. The van der Waals surface area contributed by atoms with Crippen LogP contribution in [0.2, 0.25) is 0 Å². The zero-order valence-electron chi connectivity index (χ0n) is 21.1. The van der Waals surface area contributed by atoms with Crippen LogP contribution in [0.25, 0.3) is 0 Å². The van der Waals surface area contributed by atoms with Gasteiger partial charge in [-0.25, -0.2) is 4.99 Å². The number of likely N-dealkylation sites (N-methyl/N-ethyl adjacent to an activating group) is 1. The summed E-state index contributed by atoms with van der Waals surface area (Å²) in [6, 6.07) is 11.8. The van der Waals surface area contributed by atoms with Crippen molar-refractivity contribution in [3.05, 3.63) is 65.2 Å². The predicted octanol–water partition coefficient (Wildman–Crippen LogP) is 4.72. The number of anilines is 1. The zero-order chi connectivity index (χ0) is 26.5. The number of carbonyl (C=O) groups excluding carboxylic acids is 2. The van der Waals surface area contributed by atoms with Crippen molar-refractivity contribution < 1.29 is 22.8 Å². The number of unbranched alkanes of at least 4 members (excludes halogenated alkanes) is 2. The van der Waals surface area contributed by atoms with E-state index in [1.54, 1.807) is 24.3 Å². The maximum Gasteiger partial charge on any atom is 0.417 e. The molecule has 2 aromatic rings. The highest BCUT2D eigenvalue weighted by molar-refractivity contribution is 6.20. The molecule has 1 heterocycles. The van der Waals surface area contributed by atoms with Crippen LogP contribution >= 0.6 is 0 Å². The first-order valence-corrected chi connectivity index (χ1v) is 12.1. The van der Waals surface area contributed by atoms with E-state index in [1.165, 1.54) is 30.1 Å². The number of fused-ring (bicyclic) bond motifs is 1. The lowest BCUT2D eigenvalue weighted by atomic mass is 9.96. The van der Waals surface area contributed by atoms with Crippen molar-refractivity contribution in [3.8, 4) is 0 Å². The molecule has 9 heteroatoms. The Morgan fingerprint density at radius 2 is 1.72 bits per heavy atom. The molecule has 0 saturated carbocycles. The fourth-order valence-electron chi connectivity index (χ4n) is 4.41. The van der Waals surface area contributed by atoms with Gasteiger partial charge in [0, 0.05) is 24.7 Å². The van der Waals surface area contributed by atoms with Gasteiger partial charge >= 0.3 is 6.18 Å². The molecule has 0 spiro atoms. The van der Waals surface area contributed by atoms with Gasteiger partial charge < -0.3 is 15.1 Å². The van der Waals surface area contributed by atoms with Gasteiger partial charge in [-0.15, -0.1) is 0 Å². The molecule has 0 bridgehead atoms. The van der Waals surface area contributed by atoms with Crippen LogP contribution in [0.3, 0.4) is 0 Å². The molecule has 1 unspecified atom stereocenters. The van der Waals surface area contributed by atoms with Gasteiger partial charge in [0.05, 0.1) is 22.9 Å². The number of benzodiazepines with no additional fused rings is 1. The quantitative estimate of drug-likeness (QED) is 0.505. The average molecular weight is 503 g/mol. The Bertz CT molecular complexity index is 1110. The van der Waals surface area contributed by atoms with Crippen LogP contribution in [-0.2, 0) is 15.8 Å². The molecule has 0 aromatic heterocycles. The molecule has 0 fully saturated rings. The Morgan fingerprint density at radius 3 is 2.36 bits per heavy atom. The minimum atomic E-state index is -4.62. The second kappa shape index (κ2) is 11.7. The third kappa shape index (κ3) is 6.32. The number of hydrogen-bond acceptors (Lipinski definition) is 4. The summed E-state index contributed by atoms with van der Waals surface area (Å²) in [4.78, 5) is 34.4. The van der Waals surface area contributed by atoms with Gasteiger partial charge in [0.25, 0.3) is 5.91 Å². The summed E-state index contributed by atoms with van der Waals surface area (Å²) in [7, 11) is 5.27. The Labute approximate surface area is 210 Å². The van der Waals surface area contributed by atoms with Crippen molar-refractivity contribution in [2.24, 2.45) is 10.9 Å². The van der Waals surface area contributed by atoms with Crippen LogP contribution in [-0.4, -0.2) is 56.3 Å². The molecule has 3 rings (SSSR count). The van der Waals surface area contributed by atoms with Crippen LogP contribution < -0.4 is 10.2 Å². The summed E-state index contributed by atoms with van der Waals surface area (Å²) >= 11 is 0. The first-order chi connectivity index (χ1) is 17.0. The van der Waals surface area contributed by atoms with Crippen molar-refractivity contribution in [1.29, 1.82) is 0 Å². The minimum Gasteiger partial charge on any atom is -0.326 e. The number of halogens is 3. The predicted molar refractivity (Wildman–Crippen MR) is 135 cm³/mol. The molecule has 0 aliphatic carbocycles. The zero-order valence-corrected chi connectivity index (χ0v) is 21.1. The van der Waals surface area contributed by atoms with Gasteiger partial charge in [-0.3, -0.25) is 9.59 Å². The molecule has 1 N–H and O–H groups in total. The summed E-state index contributed by atoms with van der Waals surface area (Å²) in [5, 5.41) is 2.74. The van der Waals surface area contributed by atoms with E-state index in [-0.39, 0.29) is 23.1 Å². The summed E-state index contributed by atoms with van der Waals surface area (Å²) < 4.78 is 41.7. The summed E-state index contributed by atoms with van der Waals surface area (Å²) in [5.74, 6) is -1.24. The molecular formula is C27H33F3N4O2. The highest BCUT2D eigenvalue weighted by Gasteiger charge is 2.37. The van der Waals surface area contributed by atoms with Crippen LogP contribution in [0, 0.1) is 5.92 Å². The van der Waals surface area contributed by atoms with Crippen LogP contribution in [0.4, 0.5) is 18.9 Å². The van der Waals surface area contributed by atoms with E-state index >= 15 is 0 Å². The normalized spacial score (nSPS) is 16.9. The molecule has 194 valence electrons. The fraction of sp³-hybridized carbons (Fsp3) is 0.444. The first kappa shape index (κ1) is 27.4. The summed E-state index contributed by atoms with van der Waals surface area (Å²) in [6.45, 7) is 2.56. The molecule has 0 radical (unpaired) electrons. The molecule has 36 heavy (non-hydrogen) atoms. The lowest BCUT2D eigenvalue weighted by Gasteiger charge is -2.24. The molecule has 6 nitrogen and oxygen atoms in total. The number of alkyl halides is 3. The Kier molecular flexibility index (Phi) is 8.89. The summed E-state index contributed by atoms with van der Waals surface area (Å²) in [6.07, 6.45) is -2.49. The third-order valence-corrected chi connectivity index (χ3v) is 6.22. The molecular weight excluding hydrogens is 469 g/mol. The lowest BCUT2D eigenvalue weighted by molar-refractivity contribution is -0.137. The first-order valence-electron chi connectivity index (χ1n) is 12.1. The van der Waals surface area contributed by atoms with Gasteiger partial charge in [0.15, 0.2) is 0 Å². The number of rotatable bonds is 9. The fourth-order valence-corrected chi connectivity index (χ4v) is 4.41. The van der Waals surface area contributed by atoms with E-state index in [1.807, 2.05) is 19.0 Å². The number of benzene rings is 2. The molecule has 1 aliphatic heterocycles. The Hall–Kier alpha value is -3.20. The number of carbonyl (C=O) groups is 2. The molecule has 2 aromatic carbocycles. The SMILES string of the molecule is CCCCC[C@@H](CN(C)C)C(=O)NC1N=C(c2ccccc2C(F)(F)F)c2ccccc2N(C)C1=O.